The normalized spacial score (nSPS) is 13.5. The fourth-order valence-corrected chi connectivity index (χ4v) is 6.10. The third-order valence-electron chi connectivity index (χ3n) is 5.06. The summed E-state index contributed by atoms with van der Waals surface area (Å²) in [6, 6.07) is 7.45. The van der Waals surface area contributed by atoms with Crippen molar-refractivity contribution in [3.8, 4) is 0 Å². The number of hydrogen-bond donors (Lipinski definition) is 0. The molecule has 3 aromatic heterocycles. The second-order valence-corrected chi connectivity index (χ2v) is 9.72. The standard InChI is InChI=1S/C20H17BrN4OS2/c1-2-16-22-19-17(13-4-3-5-15(13)28-19)18-23-24-20(25(16)18)27-10-14(26)11-6-8-12(21)9-7-11/h6-9H,2-5,10H2,1H3. The Labute approximate surface area is 178 Å². The summed E-state index contributed by atoms with van der Waals surface area (Å²) in [5.41, 5.74) is 2.99. The highest BCUT2D eigenvalue weighted by molar-refractivity contribution is 9.10. The maximum Gasteiger partial charge on any atom is 0.197 e. The van der Waals surface area contributed by atoms with Crippen LogP contribution in [0.25, 0.3) is 15.9 Å². The second kappa shape index (κ2) is 7.24. The number of rotatable bonds is 5. The van der Waals surface area contributed by atoms with E-state index in [0.717, 1.165) is 50.6 Å². The van der Waals surface area contributed by atoms with Crippen molar-refractivity contribution >= 4 is 60.7 Å². The molecule has 1 aliphatic rings. The van der Waals surface area contributed by atoms with E-state index in [9.17, 15) is 4.79 Å². The first-order valence-electron chi connectivity index (χ1n) is 9.25. The molecule has 0 radical (unpaired) electrons. The molecule has 142 valence electrons. The number of benzene rings is 1. The Bertz CT molecular complexity index is 1210. The minimum atomic E-state index is 0.0813. The molecule has 0 atom stereocenters. The van der Waals surface area contributed by atoms with Crippen LogP contribution in [0.3, 0.4) is 0 Å². The van der Waals surface area contributed by atoms with Crippen molar-refractivity contribution in [1.29, 1.82) is 0 Å². The number of thioether (sulfide) groups is 1. The smallest absolute Gasteiger partial charge is 0.197 e. The summed E-state index contributed by atoms with van der Waals surface area (Å²) in [6.45, 7) is 2.09. The van der Waals surface area contributed by atoms with Crippen molar-refractivity contribution in [2.75, 3.05) is 5.75 Å². The number of aryl methyl sites for hydroxylation is 3. The number of carbonyl (C=O) groups is 1. The van der Waals surface area contributed by atoms with Gasteiger partial charge in [0.25, 0.3) is 0 Å². The van der Waals surface area contributed by atoms with Gasteiger partial charge in [0.15, 0.2) is 16.6 Å². The van der Waals surface area contributed by atoms with Gasteiger partial charge >= 0.3 is 0 Å². The molecule has 0 saturated heterocycles. The predicted octanol–water partition coefficient (Wildman–Crippen LogP) is 5.13. The lowest BCUT2D eigenvalue weighted by Gasteiger charge is -2.06. The van der Waals surface area contributed by atoms with Crippen LogP contribution in [0.1, 0.15) is 40.0 Å². The maximum atomic E-state index is 12.6. The third-order valence-corrected chi connectivity index (χ3v) is 7.71. The van der Waals surface area contributed by atoms with Gasteiger partial charge in [-0.1, -0.05) is 46.7 Å². The van der Waals surface area contributed by atoms with Gasteiger partial charge in [0.1, 0.15) is 10.7 Å². The van der Waals surface area contributed by atoms with Crippen LogP contribution < -0.4 is 0 Å². The lowest BCUT2D eigenvalue weighted by atomic mass is 10.2. The first kappa shape index (κ1) is 18.3. The van der Waals surface area contributed by atoms with E-state index in [1.165, 1.54) is 28.6 Å². The topological polar surface area (TPSA) is 60.2 Å². The molecule has 3 heterocycles. The molecule has 1 aromatic carbocycles. The van der Waals surface area contributed by atoms with E-state index in [1.54, 1.807) is 11.3 Å². The highest BCUT2D eigenvalue weighted by atomic mass is 79.9. The Hall–Kier alpha value is -1.77. The molecular formula is C20H17BrN4OS2. The average Bonchev–Trinajstić information content (AvgIpc) is 3.39. The largest absolute Gasteiger partial charge is 0.293 e. The Balaban J connectivity index is 1.52. The van der Waals surface area contributed by atoms with Crippen LogP contribution in [0.5, 0.6) is 0 Å². The van der Waals surface area contributed by atoms with Crippen molar-refractivity contribution in [3.05, 3.63) is 50.6 Å². The zero-order valence-electron chi connectivity index (χ0n) is 15.2. The fraction of sp³-hybridized carbons (Fsp3) is 0.300. The average molecular weight is 473 g/mol. The number of aromatic nitrogens is 4. The van der Waals surface area contributed by atoms with E-state index in [-0.39, 0.29) is 5.78 Å². The SMILES string of the molecule is CCc1nc2sc3c(c2c2nnc(SCC(=O)c4ccc(Br)cc4)n12)CCC3. The van der Waals surface area contributed by atoms with E-state index >= 15 is 0 Å². The lowest BCUT2D eigenvalue weighted by molar-refractivity contribution is 0.102. The van der Waals surface area contributed by atoms with E-state index < -0.39 is 0 Å². The van der Waals surface area contributed by atoms with Gasteiger partial charge in [0.2, 0.25) is 0 Å². The first-order chi connectivity index (χ1) is 13.7. The van der Waals surface area contributed by atoms with Crippen molar-refractivity contribution in [1.82, 2.24) is 19.6 Å². The Kier molecular flexibility index (Phi) is 4.72. The van der Waals surface area contributed by atoms with Crippen LogP contribution >= 0.6 is 39.0 Å². The summed E-state index contributed by atoms with van der Waals surface area (Å²) >= 11 is 6.63. The van der Waals surface area contributed by atoms with E-state index in [4.69, 9.17) is 4.98 Å². The molecule has 28 heavy (non-hydrogen) atoms. The first-order valence-corrected chi connectivity index (χ1v) is 11.8. The van der Waals surface area contributed by atoms with Crippen LogP contribution in [0, 0.1) is 0 Å². The molecule has 1 aliphatic carbocycles. The zero-order valence-corrected chi connectivity index (χ0v) is 18.5. The number of thiophene rings is 1. The molecule has 0 saturated carbocycles. The van der Waals surface area contributed by atoms with Crippen LogP contribution in [-0.2, 0) is 19.3 Å². The number of halogens is 1. The number of carbonyl (C=O) groups excluding carboxylic acids is 1. The molecule has 0 fully saturated rings. The minimum Gasteiger partial charge on any atom is -0.293 e. The van der Waals surface area contributed by atoms with Gasteiger partial charge in [-0.05, 0) is 37.0 Å². The highest BCUT2D eigenvalue weighted by Crippen LogP contribution is 2.39. The van der Waals surface area contributed by atoms with E-state index in [2.05, 4.69) is 33.1 Å². The summed E-state index contributed by atoms with van der Waals surface area (Å²) in [7, 11) is 0. The molecule has 0 unspecified atom stereocenters. The Morgan fingerprint density at radius 3 is 2.86 bits per heavy atom. The van der Waals surface area contributed by atoms with Crippen LogP contribution in [0.4, 0.5) is 0 Å². The molecule has 0 bridgehead atoms. The van der Waals surface area contributed by atoms with Crippen molar-refractivity contribution in [2.45, 2.75) is 37.8 Å². The summed E-state index contributed by atoms with van der Waals surface area (Å²) in [4.78, 5) is 20.0. The molecule has 0 aliphatic heterocycles. The maximum absolute atomic E-state index is 12.6. The Morgan fingerprint density at radius 1 is 1.25 bits per heavy atom. The van der Waals surface area contributed by atoms with Gasteiger partial charge in [-0.15, -0.1) is 21.5 Å². The minimum absolute atomic E-state index is 0.0813. The number of ketones is 1. The zero-order chi connectivity index (χ0) is 19.3. The van der Waals surface area contributed by atoms with Crippen LogP contribution in [0.2, 0.25) is 0 Å². The Morgan fingerprint density at radius 2 is 2.07 bits per heavy atom. The molecule has 0 amide bonds. The summed E-state index contributed by atoms with van der Waals surface area (Å²) < 4.78 is 3.01. The molecule has 8 heteroatoms. The van der Waals surface area contributed by atoms with Crippen LogP contribution in [0.15, 0.2) is 33.9 Å². The van der Waals surface area contributed by atoms with E-state index in [1.807, 2.05) is 28.7 Å². The van der Waals surface area contributed by atoms with Gasteiger partial charge < -0.3 is 0 Å². The number of hydrogen-bond acceptors (Lipinski definition) is 6. The van der Waals surface area contributed by atoms with Gasteiger partial charge in [-0.2, -0.15) is 0 Å². The molecule has 0 N–H and O–H groups in total. The molecule has 5 nitrogen and oxygen atoms in total. The number of fused-ring (bicyclic) bond motifs is 5. The quantitative estimate of drug-likeness (QED) is 0.297. The monoisotopic (exact) mass is 472 g/mol. The van der Waals surface area contributed by atoms with E-state index in [0.29, 0.717) is 11.3 Å². The van der Waals surface area contributed by atoms with Crippen LogP contribution in [-0.4, -0.2) is 31.1 Å². The summed E-state index contributed by atoms with van der Waals surface area (Å²) in [5, 5.41) is 10.8. The van der Waals surface area contributed by atoms with Crippen molar-refractivity contribution in [2.24, 2.45) is 0 Å². The second-order valence-electron chi connectivity index (χ2n) is 6.78. The molecule has 0 spiro atoms. The summed E-state index contributed by atoms with van der Waals surface area (Å²) in [6.07, 6.45) is 4.23. The number of nitrogens with zero attached hydrogens (tertiary/aromatic N) is 4. The van der Waals surface area contributed by atoms with Crippen molar-refractivity contribution in [3.63, 3.8) is 0 Å². The fourth-order valence-electron chi connectivity index (χ4n) is 3.71. The lowest BCUT2D eigenvalue weighted by Crippen LogP contribution is -2.05. The third kappa shape index (κ3) is 2.98. The van der Waals surface area contributed by atoms with Gasteiger partial charge in [-0.3, -0.25) is 9.20 Å². The molecular weight excluding hydrogens is 456 g/mol. The van der Waals surface area contributed by atoms with Gasteiger partial charge in [0.05, 0.1) is 11.1 Å². The predicted molar refractivity (Wildman–Crippen MR) is 117 cm³/mol. The number of Topliss-reactive ketones (excluding diaryl/α,β-unsaturated/α-hetero) is 1. The molecule has 5 rings (SSSR count). The van der Waals surface area contributed by atoms with Gasteiger partial charge in [0, 0.05) is 21.3 Å². The van der Waals surface area contributed by atoms with Gasteiger partial charge in [-0.25, -0.2) is 4.98 Å². The highest BCUT2D eigenvalue weighted by Gasteiger charge is 2.24. The van der Waals surface area contributed by atoms with Crippen molar-refractivity contribution < 1.29 is 4.79 Å². The molecule has 4 aromatic rings. The summed E-state index contributed by atoms with van der Waals surface area (Å²) in [5.74, 6) is 1.36.